The summed E-state index contributed by atoms with van der Waals surface area (Å²) in [6, 6.07) is 5.90. The van der Waals surface area contributed by atoms with Crippen LogP contribution in [0.2, 0.25) is 0 Å². The molecule has 2 heterocycles. The minimum absolute atomic E-state index is 0.00379. The van der Waals surface area contributed by atoms with Crippen molar-refractivity contribution < 1.29 is 45.7 Å². The molecule has 0 saturated carbocycles. The lowest BCUT2D eigenvalue weighted by Crippen LogP contribution is -2.42. The molecule has 1 aliphatic rings. The number of rotatable bonds is 6. The van der Waals surface area contributed by atoms with Crippen molar-refractivity contribution in [2.24, 2.45) is 0 Å². The van der Waals surface area contributed by atoms with E-state index in [1.165, 1.54) is 45.3 Å². The van der Waals surface area contributed by atoms with E-state index in [1.54, 1.807) is 17.9 Å². The molecule has 4 rings (SSSR count). The van der Waals surface area contributed by atoms with Gasteiger partial charge in [-0.25, -0.2) is 9.37 Å². The van der Waals surface area contributed by atoms with Crippen molar-refractivity contribution in [1.29, 1.82) is 0 Å². The zero-order chi connectivity index (χ0) is 32.1. The van der Waals surface area contributed by atoms with Gasteiger partial charge >= 0.3 is 12.4 Å². The number of carbonyl (C=O) groups excluding carboxylic acids is 1. The number of aryl methyl sites for hydroxylation is 1. The minimum atomic E-state index is -5.10. The predicted octanol–water partition coefficient (Wildman–Crippen LogP) is 6.11. The van der Waals surface area contributed by atoms with Crippen LogP contribution in [0.15, 0.2) is 48.7 Å². The van der Waals surface area contributed by atoms with Crippen LogP contribution >= 0.6 is 0 Å². The van der Waals surface area contributed by atoms with Crippen molar-refractivity contribution in [1.82, 2.24) is 4.98 Å². The number of pyridine rings is 1. The highest BCUT2D eigenvalue weighted by molar-refractivity contribution is 6.03. The third-order valence-corrected chi connectivity index (χ3v) is 7.86. The molecule has 0 bridgehead atoms. The van der Waals surface area contributed by atoms with Gasteiger partial charge in [-0.1, -0.05) is 6.07 Å². The Labute approximate surface area is 243 Å². The average Bonchev–Trinajstić information content (AvgIpc) is 3.32. The van der Waals surface area contributed by atoms with E-state index >= 15 is 0 Å². The van der Waals surface area contributed by atoms with Crippen molar-refractivity contribution in [3.05, 3.63) is 76.7 Å². The molecule has 6 nitrogen and oxygen atoms in total. The molecule has 0 spiro atoms. The number of anilines is 2. The lowest BCUT2D eigenvalue weighted by atomic mass is 9.81. The number of halogens is 7. The standard InChI is InChI=1S/C30H30F7N3O3/c1-16-5-6-20(31)12-21(16)22-13-26(40-8-7-25(42)24(40)15-41)38-14-23(22)39(4)27(43)28(2,3)17-9-18(29(32,33)34)11-19(10-17)30(35,36)37/h5-6,9-14,24-25,41-42H,7-8,15H2,1-4H3. The number of amides is 1. The monoisotopic (exact) mass is 613 g/mol. The molecular weight excluding hydrogens is 583 g/mol. The van der Waals surface area contributed by atoms with Gasteiger partial charge in [-0.2, -0.15) is 26.3 Å². The molecule has 1 fully saturated rings. The fourth-order valence-electron chi connectivity index (χ4n) is 5.27. The molecule has 2 aromatic carbocycles. The fraction of sp³-hybridized carbons (Fsp3) is 0.400. The zero-order valence-corrected chi connectivity index (χ0v) is 23.7. The quantitative estimate of drug-likeness (QED) is 0.329. The molecule has 0 aliphatic carbocycles. The predicted molar refractivity (Wildman–Crippen MR) is 146 cm³/mol. The largest absolute Gasteiger partial charge is 0.416 e. The van der Waals surface area contributed by atoms with E-state index in [0.717, 1.165) is 4.90 Å². The van der Waals surface area contributed by atoms with Crippen LogP contribution in [0.5, 0.6) is 0 Å². The van der Waals surface area contributed by atoms with E-state index in [9.17, 15) is 45.7 Å². The maximum Gasteiger partial charge on any atom is 0.416 e. The first kappa shape index (κ1) is 32.2. The number of hydrogen-bond acceptors (Lipinski definition) is 5. The maximum absolute atomic E-state index is 14.4. The molecule has 1 saturated heterocycles. The van der Waals surface area contributed by atoms with Crippen LogP contribution in [-0.4, -0.2) is 53.4 Å². The highest BCUT2D eigenvalue weighted by Crippen LogP contribution is 2.41. The Morgan fingerprint density at radius 1 is 0.977 bits per heavy atom. The molecule has 232 valence electrons. The van der Waals surface area contributed by atoms with Gasteiger partial charge in [-0.05, 0) is 80.3 Å². The second kappa shape index (κ2) is 11.4. The summed E-state index contributed by atoms with van der Waals surface area (Å²) < 4.78 is 95.8. The number of aromatic nitrogens is 1. The minimum Gasteiger partial charge on any atom is -0.394 e. The number of hydrogen-bond donors (Lipinski definition) is 2. The van der Waals surface area contributed by atoms with E-state index < -0.39 is 58.3 Å². The fourth-order valence-corrected chi connectivity index (χ4v) is 5.27. The van der Waals surface area contributed by atoms with Gasteiger partial charge in [-0.15, -0.1) is 0 Å². The van der Waals surface area contributed by atoms with Crippen molar-refractivity contribution in [3.63, 3.8) is 0 Å². The second-order valence-corrected chi connectivity index (χ2v) is 11.1. The lowest BCUT2D eigenvalue weighted by molar-refractivity contribution is -0.143. The average molecular weight is 614 g/mol. The highest BCUT2D eigenvalue weighted by Gasteiger charge is 2.41. The van der Waals surface area contributed by atoms with Gasteiger partial charge in [0.15, 0.2) is 0 Å². The smallest absolute Gasteiger partial charge is 0.394 e. The Hall–Kier alpha value is -3.71. The number of aliphatic hydroxyl groups excluding tert-OH is 2. The van der Waals surface area contributed by atoms with Gasteiger partial charge in [0.2, 0.25) is 5.91 Å². The summed E-state index contributed by atoms with van der Waals surface area (Å²) in [5, 5.41) is 20.1. The number of benzene rings is 2. The third kappa shape index (κ3) is 6.32. The molecular formula is C30H30F7N3O3. The molecule has 1 aliphatic heterocycles. The Morgan fingerprint density at radius 3 is 2.12 bits per heavy atom. The first-order valence-corrected chi connectivity index (χ1v) is 13.3. The number of carbonyl (C=O) groups is 1. The van der Waals surface area contributed by atoms with Gasteiger partial charge in [0.1, 0.15) is 11.6 Å². The Kier molecular flexibility index (Phi) is 8.55. The summed E-state index contributed by atoms with van der Waals surface area (Å²) in [5.74, 6) is -1.13. The molecule has 3 aromatic rings. The van der Waals surface area contributed by atoms with E-state index in [2.05, 4.69) is 4.98 Å². The van der Waals surface area contributed by atoms with Crippen LogP contribution in [0.4, 0.5) is 42.2 Å². The van der Waals surface area contributed by atoms with Crippen LogP contribution in [0.3, 0.4) is 0 Å². The summed E-state index contributed by atoms with van der Waals surface area (Å²) in [6.45, 7) is 4.10. The topological polar surface area (TPSA) is 76.9 Å². The van der Waals surface area contributed by atoms with Crippen LogP contribution in [-0.2, 0) is 22.6 Å². The van der Waals surface area contributed by atoms with Gasteiger partial charge < -0.3 is 20.0 Å². The van der Waals surface area contributed by atoms with Gasteiger partial charge in [0, 0.05) is 19.2 Å². The second-order valence-electron chi connectivity index (χ2n) is 11.1. The number of nitrogens with zero attached hydrogens (tertiary/aromatic N) is 3. The Bertz CT molecular complexity index is 1490. The third-order valence-electron chi connectivity index (χ3n) is 7.86. The van der Waals surface area contributed by atoms with Crippen molar-refractivity contribution in [2.75, 3.05) is 30.0 Å². The Morgan fingerprint density at radius 2 is 1.56 bits per heavy atom. The summed E-state index contributed by atoms with van der Waals surface area (Å²) in [5.41, 5.74) is -4.11. The van der Waals surface area contributed by atoms with Crippen LogP contribution in [0, 0.1) is 12.7 Å². The van der Waals surface area contributed by atoms with Crippen LogP contribution in [0.25, 0.3) is 11.1 Å². The van der Waals surface area contributed by atoms with Crippen LogP contribution < -0.4 is 9.80 Å². The number of likely N-dealkylation sites (N-methyl/N-ethyl adjacent to an activating group) is 1. The van der Waals surface area contributed by atoms with Gasteiger partial charge in [0.25, 0.3) is 0 Å². The van der Waals surface area contributed by atoms with Gasteiger partial charge in [0.05, 0.1) is 47.2 Å². The van der Waals surface area contributed by atoms with Gasteiger partial charge in [-0.3, -0.25) is 4.79 Å². The summed E-state index contributed by atoms with van der Waals surface area (Å²) >= 11 is 0. The first-order valence-electron chi connectivity index (χ1n) is 13.3. The zero-order valence-electron chi connectivity index (χ0n) is 23.7. The van der Waals surface area contributed by atoms with E-state index in [-0.39, 0.29) is 18.4 Å². The maximum atomic E-state index is 14.4. The molecule has 2 unspecified atom stereocenters. The Balaban J connectivity index is 1.84. The summed E-state index contributed by atoms with van der Waals surface area (Å²) in [6.07, 6.45) is -9.39. The van der Waals surface area contributed by atoms with E-state index in [1.807, 2.05) is 0 Å². The first-order chi connectivity index (χ1) is 19.9. The lowest BCUT2D eigenvalue weighted by Gasteiger charge is -2.32. The van der Waals surface area contributed by atoms with Crippen molar-refractivity contribution in [3.8, 4) is 11.1 Å². The summed E-state index contributed by atoms with van der Waals surface area (Å²) in [7, 11) is 1.30. The molecule has 13 heteroatoms. The molecule has 2 atom stereocenters. The molecule has 43 heavy (non-hydrogen) atoms. The molecule has 0 radical (unpaired) electrons. The van der Waals surface area contributed by atoms with Crippen molar-refractivity contribution in [2.45, 2.75) is 57.1 Å². The summed E-state index contributed by atoms with van der Waals surface area (Å²) in [4.78, 5) is 21.0. The van der Waals surface area contributed by atoms with Crippen molar-refractivity contribution >= 4 is 17.4 Å². The SMILES string of the molecule is Cc1ccc(F)cc1-c1cc(N2CCC(O)C2CO)ncc1N(C)C(=O)C(C)(C)c1cc(C(F)(F)F)cc(C(F)(F)F)c1. The number of aliphatic hydroxyl groups is 2. The number of alkyl halides is 6. The molecule has 1 amide bonds. The molecule has 1 aromatic heterocycles. The normalized spacial score (nSPS) is 17.8. The highest BCUT2D eigenvalue weighted by atomic mass is 19.4. The molecule has 2 N–H and O–H groups in total. The van der Waals surface area contributed by atoms with E-state index in [0.29, 0.717) is 47.6 Å². The van der Waals surface area contributed by atoms with Crippen LogP contribution in [0.1, 0.15) is 42.5 Å². The van der Waals surface area contributed by atoms with E-state index in [4.69, 9.17) is 0 Å².